The van der Waals surface area contributed by atoms with Gasteiger partial charge in [0.1, 0.15) is 11.5 Å². The van der Waals surface area contributed by atoms with Gasteiger partial charge in [0.2, 0.25) is 0 Å². The van der Waals surface area contributed by atoms with Crippen LogP contribution < -0.4 is 10.2 Å². The van der Waals surface area contributed by atoms with E-state index in [1.807, 2.05) is 42.5 Å². The number of likely N-dealkylation sites (N-methyl/N-ethyl adjacent to an activating group) is 1. The van der Waals surface area contributed by atoms with Crippen LogP contribution in [-0.2, 0) is 17.7 Å². The molecule has 1 aromatic heterocycles. The average molecular weight is 396 g/mol. The molecule has 0 fully saturated rings. The number of amides is 1. The number of anilines is 1. The standard InChI is InChI=1S/C22H22N2O3S/c1-3-24-11-10-17-18(13-24)28-21(19(17)22(26)27-2)23-20(25)16-9-8-14-6-4-5-7-15(14)12-16/h4-9,12H,3,10-11,13H2,1-2H3,(H,23,25)/p+1. The minimum atomic E-state index is -0.383. The Morgan fingerprint density at radius 2 is 1.96 bits per heavy atom. The van der Waals surface area contributed by atoms with E-state index in [1.165, 1.54) is 23.3 Å². The summed E-state index contributed by atoms with van der Waals surface area (Å²) in [6, 6.07) is 13.6. The van der Waals surface area contributed by atoms with Crippen LogP contribution in [0.5, 0.6) is 0 Å². The van der Waals surface area contributed by atoms with Gasteiger partial charge in [-0.2, -0.15) is 0 Å². The molecule has 1 aliphatic rings. The number of benzene rings is 2. The number of rotatable bonds is 4. The summed E-state index contributed by atoms with van der Waals surface area (Å²) >= 11 is 1.50. The van der Waals surface area contributed by atoms with Crippen molar-refractivity contribution < 1.29 is 19.2 Å². The summed E-state index contributed by atoms with van der Waals surface area (Å²) < 4.78 is 5.01. The zero-order valence-corrected chi connectivity index (χ0v) is 16.8. The van der Waals surface area contributed by atoms with Crippen molar-refractivity contribution in [3.8, 4) is 0 Å². The smallest absolute Gasteiger partial charge is 0.341 e. The molecule has 1 unspecified atom stereocenters. The fourth-order valence-corrected chi connectivity index (χ4v) is 5.05. The Kier molecular flexibility index (Phi) is 5.15. The molecule has 144 valence electrons. The number of hydrogen-bond acceptors (Lipinski definition) is 4. The second-order valence-corrected chi connectivity index (χ2v) is 8.10. The first-order chi connectivity index (χ1) is 13.6. The molecular weight excluding hydrogens is 372 g/mol. The lowest BCUT2D eigenvalue weighted by Crippen LogP contribution is -3.11. The van der Waals surface area contributed by atoms with Gasteiger partial charge in [-0.3, -0.25) is 4.79 Å². The highest BCUT2D eigenvalue weighted by Gasteiger charge is 2.30. The zero-order valence-electron chi connectivity index (χ0n) is 16.0. The second kappa shape index (κ2) is 7.73. The van der Waals surface area contributed by atoms with Gasteiger partial charge in [0.05, 0.1) is 30.6 Å². The molecule has 0 saturated heterocycles. The van der Waals surface area contributed by atoms with Crippen LogP contribution >= 0.6 is 11.3 Å². The van der Waals surface area contributed by atoms with E-state index in [-0.39, 0.29) is 11.9 Å². The Labute approximate surface area is 167 Å². The van der Waals surface area contributed by atoms with Gasteiger partial charge in [-0.1, -0.05) is 30.3 Å². The van der Waals surface area contributed by atoms with Crippen LogP contribution in [0.4, 0.5) is 5.00 Å². The summed E-state index contributed by atoms with van der Waals surface area (Å²) in [6.07, 6.45) is 0.825. The summed E-state index contributed by atoms with van der Waals surface area (Å²) in [4.78, 5) is 28.0. The number of hydrogen-bond donors (Lipinski definition) is 2. The van der Waals surface area contributed by atoms with Gasteiger partial charge in [-0.05, 0) is 35.4 Å². The summed E-state index contributed by atoms with van der Waals surface area (Å²) in [5.74, 6) is -0.597. The van der Waals surface area contributed by atoms with Crippen LogP contribution in [0.15, 0.2) is 42.5 Å². The predicted molar refractivity (Wildman–Crippen MR) is 111 cm³/mol. The Morgan fingerprint density at radius 3 is 2.71 bits per heavy atom. The first-order valence-corrected chi connectivity index (χ1v) is 10.3. The summed E-state index contributed by atoms with van der Waals surface area (Å²) in [5, 5.41) is 5.65. The van der Waals surface area contributed by atoms with E-state index in [4.69, 9.17) is 4.74 Å². The molecule has 2 aromatic carbocycles. The number of carbonyl (C=O) groups is 2. The largest absolute Gasteiger partial charge is 0.465 e. The SMILES string of the molecule is CC[NH+]1CCc2c(sc(NC(=O)c3ccc4ccccc4c3)c2C(=O)OC)C1. The molecule has 3 aromatic rings. The quantitative estimate of drug-likeness (QED) is 0.668. The average Bonchev–Trinajstić information content (AvgIpc) is 3.09. The van der Waals surface area contributed by atoms with Gasteiger partial charge in [0.15, 0.2) is 0 Å². The van der Waals surface area contributed by atoms with E-state index in [9.17, 15) is 9.59 Å². The number of methoxy groups -OCH3 is 1. The predicted octanol–water partition coefficient (Wildman–Crippen LogP) is 2.90. The molecule has 6 heteroatoms. The minimum absolute atomic E-state index is 0.214. The number of esters is 1. The van der Waals surface area contributed by atoms with Gasteiger partial charge in [0, 0.05) is 12.0 Å². The van der Waals surface area contributed by atoms with E-state index in [2.05, 4.69) is 12.2 Å². The Hall–Kier alpha value is -2.70. The summed E-state index contributed by atoms with van der Waals surface area (Å²) in [5.41, 5.74) is 2.12. The third kappa shape index (κ3) is 3.41. The Balaban J connectivity index is 1.67. The van der Waals surface area contributed by atoms with Crippen molar-refractivity contribution >= 4 is 39.0 Å². The van der Waals surface area contributed by atoms with Crippen molar-refractivity contribution in [2.45, 2.75) is 19.9 Å². The molecule has 0 radical (unpaired) electrons. The number of quaternary nitrogens is 1. The third-order valence-corrected chi connectivity index (χ3v) is 6.51. The molecule has 4 rings (SSSR count). The maximum Gasteiger partial charge on any atom is 0.341 e. The first kappa shape index (κ1) is 18.7. The van der Waals surface area contributed by atoms with E-state index in [0.29, 0.717) is 16.1 Å². The Bertz CT molecular complexity index is 1060. The zero-order chi connectivity index (χ0) is 19.7. The lowest BCUT2D eigenvalue weighted by molar-refractivity contribution is -0.913. The van der Waals surface area contributed by atoms with Crippen molar-refractivity contribution in [3.05, 3.63) is 64.0 Å². The van der Waals surface area contributed by atoms with Gasteiger partial charge in [-0.15, -0.1) is 11.3 Å². The number of ether oxygens (including phenoxy) is 1. The van der Waals surface area contributed by atoms with Gasteiger partial charge >= 0.3 is 5.97 Å². The molecular formula is C22H23N2O3S+. The van der Waals surface area contributed by atoms with Gasteiger partial charge < -0.3 is 15.0 Å². The monoisotopic (exact) mass is 395 g/mol. The van der Waals surface area contributed by atoms with Crippen molar-refractivity contribution in [2.24, 2.45) is 0 Å². The van der Waals surface area contributed by atoms with Crippen LogP contribution in [0.1, 0.15) is 38.1 Å². The van der Waals surface area contributed by atoms with Crippen molar-refractivity contribution in [1.29, 1.82) is 0 Å². The van der Waals surface area contributed by atoms with E-state index in [0.717, 1.165) is 47.3 Å². The van der Waals surface area contributed by atoms with Crippen molar-refractivity contribution in [2.75, 3.05) is 25.5 Å². The molecule has 0 aliphatic carbocycles. The maximum atomic E-state index is 12.9. The highest BCUT2D eigenvalue weighted by Crippen LogP contribution is 2.35. The van der Waals surface area contributed by atoms with Gasteiger partial charge in [-0.25, -0.2) is 4.79 Å². The number of carbonyl (C=O) groups excluding carboxylic acids is 2. The molecule has 28 heavy (non-hydrogen) atoms. The minimum Gasteiger partial charge on any atom is -0.465 e. The Morgan fingerprint density at radius 1 is 1.18 bits per heavy atom. The summed E-state index contributed by atoms with van der Waals surface area (Å²) in [7, 11) is 1.38. The number of fused-ring (bicyclic) bond motifs is 2. The molecule has 0 saturated carbocycles. The maximum absolute atomic E-state index is 12.9. The first-order valence-electron chi connectivity index (χ1n) is 9.47. The molecule has 0 spiro atoms. The third-order valence-electron chi connectivity index (χ3n) is 5.36. The topological polar surface area (TPSA) is 59.8 Å². The van der Waals surface area contributed by atoms with Crippen LogP contribution in [0.25, 0.3) is 10.8 Å². The molecule has 5 nitrogen and oxygen atoms in total. The highest BCUT2D eigenvalue weighted by molar-refractivity contribution is 7.17. The van der Waals surface area contributed by atoms with E-state index in [1.54, 1.807) is 0 Å². The molecule has 1 amide bonds. The summed E-state index contributed by atoms with van der Waals surface area (Å²) in [6.45, 7) is 5.08. The number of thiophene rings is 1. The lowest BCUT2D eigenvalue weighted by Gasteiger charge is -2.22. The molecule has 1 atom stereocenters. The van der Waals surface area contributed by atoms with Crippen LogP contribution in [0, 0.1) is 0 Å². The van der Waals surface area contributed by atoms with Crippen LogP contribution in [0.3, 0.4) is 0 Å². The number of nitrogens with one attached hydrogen (secondary N) is 2. The highest BCUT2D eigenvalue weighted by atomic mass is 32.1. The van der Waals surface area contributed by atoms with E-state index < -0.39 is 0 Å². The fourth-order valence-electron chi connectivity index (χ4n) is 3.75. The molecule has 1 aliphatic heterocycles. The molecule has 2 heterocycles. The van der Waals surface area contributed by atoms with Crippen molar-refractivity contribution in [3.63, 3.8) is 0 Å². The van der Waals surface area contributed by atoms with Crippen LogP contribution in [-0.4, -0.2) is 32.1 Å². The fraction of sp³-hybridized carbons (Fsp3) is 0.273. The van der Waals surface area contributed by atoms with Gasteiger partial charge in [0.25, 0.3) is 5.91 Å². The normalized spacial score (nSPS) is 15.9. The lowest BCUT2D eigenvalue weighted by atomic mass is 10.0. The van der Waals surface area contributed by atoms with Crippen molar-refractivity contribution in [1.82, 2.24) is 0 Å². The van der Waals surface area contributed by atoms with Crippen LogP contribution in [0.2, 0.25) is 0 Å². The molecule has 2 N–H and O–H groups in total. The van der Waals surface area contributed by atoms with E-state index >= 15 is 0 Å². The molecule has 0 bridgehead atoms. The second-order valence-electron chi connectivity index (χ2n) is 7.00.